The highest BCUT2D eigenvalue weighted by atomic mass is 19.2. The zero-order valence-electron chi connectivity index (χ0n) is 38.1. The molecule has 4 atom stereocenters. The lowest BCUT2D eigenvalue weighted by atomic mass is 9.54. The van der Waals surface area contributed by atoms with E-state index in [1.165, 1.54) is 11.4 Å². The van der Waals surface area contributed by atoms with Gasteiger partial charge in [0.2, 0.25) is 23.1 Å². The summed E-state index contributed by atoms with van der Waals surface area (Å²) in [4.78, 5) is 4.17. The van der Waals surface area contributed by atoms with Crippen molar-refractivity contribution in [2.45, 2.75) is 23.4 Å². The maximum atomic E-state index is 18.9. The van der Waals surface area contributed by atoms with Crippen molar-refractivity contribution in [1.82, 2.24) is 0 Å². The molecule has 7 rings (SSSR count). The van der Waals surface area contributed by atoms with E-state index in [9.17, 15) is 49.6 Å². The summed E-state index contributed by atoms with van der Waals surface area (Å²) in [6.07, 6.45) is -0.937. The summed E-state index contributed by atoms with van der Waals surface area (Å²) < 4.78 is 301. The fraction of sp³-hybridized carbons (Fsp3) is 0.184. The number of rotatable bonds is 10. The number of alkyl halides is 2. The van der Waals surface area contributed by atoms with Crippen molar-refractivity contribution in [2.75, 3.05) is 38.0 Å². The molecule has 0 heterocycles. The van der Waals surface area contributed by atoms with Crippen LogP contribution in [0.15, 0.2) is 103 Å². The first-order chi connectivity index (χ1) is 34.5. The lowest BCUT2D eigenvalue weighted by molar-refractivity contribution is -0.223. The molecule has 0 bridgehead atoms. The molecule has 1 aliphatic carbocycles. The summed E-state index contributed by atoms with van der Waals surface area (Å²) in [5, 5.41) is 19.4. The Labute approximate surface area is 407 Å². The van der Waals surface area contributed by atoms with Gasteiger partial charge in [-0.1, -0.05) is 73.3 Å². The van der Waals surface area contributed by atoms with Crippen molar-refractivity contribution >= 4 is 24.8 Å². The highest BCUT2D eigenvalue weighted by Crippen LogP contribution is 2.71. The molecule has 4 unspecified atom stereocenters. The second-order valence-corrected chi connectivity index (χ2v) is 16.2. The van der Waals surface area contributed by atoms with Crippen molar-refractivity contribution in [3.8, 4) is 0 Å². The highest BCUT2D eigenvalue weighted by Gasteiger charge is 2.81. The fourth-order valence-electron chi connectivity index (χ4n) is 7.93. The summed E-state index contributed by atoms with van der Waals surface area (Å²) in [7, 11) is 3.72. The number of nitrogens with zero attached hydrogens (tertiary/aromatic N) is 2. The Balaban J connectivity index is 0.000000469. The molecule has 0 fully saturated rings. The molecule has 2 N–H and O–H groups in total. The van der Waals surface area contributed by atoms with Crippen LogP contribution in [0.3, 0.4) is 0 Å². The van der Waals surface area contributed by atoms with E-state index in [-0.39, 0.29) is 5.56 Å². The van der Waals surface area contributed by atoms with E-state index in [0.29, 0.717) is 12.1 Å². The smallest absolute Gasteiger partial charge is 0.402 e. The second kappa shape index (κ2) is 22.2. The molecule has 6 aromatic rings. The molecular weight excluding hydrogens is 1040 g/mol. The van der Waals surface area contributed by atoms with Crippen LogP contribution in [-0.4, -0.2) is 45.6 Å². The van der Waals surface area contributed by atoms with Gasteiger partial charge >= 0.3 is 7.32 Å². The normalized spacial score (nSPS) is 19.3. The SMILES string of the molecule is C=Cc1ccc(CC2C(F)=C(F)C(OB(O)O)(c3c(F)c(F)c(F)c(F)c3F)C(F)(c3c(F)c(F)c(F)c(F)c3F)C2(F)c2c(F)c(F)c(F)c(F)c2F)cc1.CN(C)c1ccccc1.CN(C)c1ccccc1. The molecule has 0 radical (unpaired) electrons. The minimum atomic E-state index is -6.96. The van der Waals surface area contributed by atoms with Gasteiger partial charge in [-0.3, -0.25) is 0 Å². The number of anilines is 2. The first kappa shape index (κ1) is 57.9. The number of halogens is 19. The van der Waals surface area contributed by atoms with Crippen LogP contribution in [0.5, 0.6) is 0 Å². The third-order valence-corrected chi connectivity index (χ3v) is 11.5. The van der Waals surface area contributed by atoms with Gasteiger partial charge in [0, 0.05) is 39.6 Å². The van der Waals surface area contributed by atoms with Crippen LogP contribution in [0.4, 0.5) is 94.8 Å². The number of hydrogen-bond donors (Lipinski definition) is 2. The largest absolute Gasteiger partial charge is 0.635 e. The fourth-order valence-corrected chi connectivity index (χ4v) is 7.93. The van der Waals surface area contributed by atoms with E-state index in [4.69, 9.17) is 0 Å². The lowest BCUT2D eigenvalue weighted by Gasteiger charge is -2.56. The van der Waals surface area contributed by atoms with Gasteiger partial charge < -0.3 is 24.5 Å². The van der Waals surface area contributed by atoms with Crippen LogP contribution < -0.4 is 9.80 Å². The molecule has 0 spiro atoms. The monoisotopic (exact) mass is 1070 g/mol. The molecular formula is C49H34BF19N2O3. The molecule has 25 heteroatoms. The summed E-state index contributed by atoms with van der Waals surface area (Å²) in [6, 6.07) is 23.8. The number of hydrogen-bond acceptors (Lipinski definition) is 5. The van der Waals surface area contributed by atoms with Gasteiger partial charge in [0.05, 0.1) is 22.6 Å². The third kappa shape index (κ3) is 9.67. The molecule has 0 aliphatic heterocycles. The van der Waals surface area contributed by atoms with Gasteiger partial charge in [0.15, 0.2) is 86.9 Å². The van der Waals surface area contributed by atoms with Crippen molar-refractivity contribution in [3.63, 3.8) is 0 Å². The van der Waals surface area contributed by atoms with Crippen LogP contribution >= 0.6 is 0 Å². The van der Waals surface area contributed by atoms with Crippen molar-refractivity contribution in [2.24, 2.45) is 5.92 Å². The Morgan fingerprint density at radius 2 is 0.811 bits per heavy atom. The summed E-state index contributed by atoms with van der Waals surface area (Å²) in [6.45, 7) is 3.33. The average Bonchev–Trinajstić information content (AvgIpc) is 3.38. The molecule has 0 saturated carbocycles. The molecule has 6 aromatic carbocycles. The molecule has 74 heavy (non-hydrogen) atoms. The number of benzene rings is 6. The van der Waals surface area contributed by atoms with Gasteiger partial charge in [-0.05, 0) is 41.8 Å². The Bertz CT molecular complexity index is 2970. The predicted octanol–water partition coefficient (Wildman–Crippen LogP) is 12.9. The summed E-state index contributed by atoms with van der Waals surface area (Å²) >= 11 is 0. The molecule has 394 valence electrons. The lowest BCUT2D eigenvalue weighted by Crippen LogP contribution is -2.67. The van der Waals surface area contributed by atoms with Gasteiger partial charge in [0.25, 0.3) is 0 Å². The van der Waals surface area contributed by atoms with E-state index in [1.54, 1.807) is 0 Å². The van der Waals surface area contributed by atoms with Gasteiger partial charge in [-0.2, -0.15) is 0 Å². The van der Waals surface area contributed by atoms with Gasteiger partial charge in [-0.15, -0.1) is 0 Å². The maximum absolute atomic E-state index is 18.9. The topological polar surface area (TPSA) is 56.2 Å². The molecule has 1 aliphatic rings. The van der Waals surface area contributed by atoms with Gasteiger partial charge in [0.1, 0.15) is 5.83 Å². The minimum absolute atomic E-state index is 0.0998. The van der Waals surface area contributed by atoms with Crippen molar-refractivity contribution < 1.29 is 98.1 Å². The van der Waals surface area contributed by atoms with E-state index in [0.717, 1.165) is 18.2 Å². The van der Waals surface area contributed by atoms with Crippen LogP contribution in [0.1, 0.15) is 27.8 Å². The van der Waals surface area contributed by atoms with E-state index >= 15 is 43.9 Å². The predicted molar refractivity (Wildman–Crippen MR) is 232 cm³/mol. The quantitative estimate of drug-likeness (QED) is 0.0620. The standard InChI is InChI=1S/C33H12BF19O3.2C8H11N/c1-2-8-3-5-9(6-4-8)7-10-14(35)30(51)32(56-34(54)55,12-17(38)23(44)28(49)24(45)18(12)39)33(53,13-19(40)25(46)29(50)26(47)20(13)41)31(10,52)11-15(36)21(42)27(48)22(43)16(11)37;2*1-9(2)8-6-4-3-5-7-8/h2-6,10,54-55H,1,7H2;2*3-7H,1-2H3. The Morgan fingerprint density at radius 3 is 1.12 bits per heavy atom. The number of allylic oxidation sites excluding steroid dienone is 1. The van der Waals surface area contributed by atoms with Crippen LogP contribution in [0, 0.1) is 93.2 Å². The Hall–Kier alpha value is -6.99. The second-order valence-electron chi connectivity index (χ2n) is 16.2. The first-order valence-electron chi connectivity index (χ1n) is 20.7. The zero-order chi connectivity index (χ0) is 55.7. The average molecular weight is 1070 g/mol. The molecule has 0 amide bonds. The first-order valence-corrected chi connectivity index (χ1v) is 20.7. The maximum Gasteiger partial charge on any atom is 0.635 e. The summed E-state index contributed by atoms with van der Waals surface area (Å²) in [5.41, 5.74) is -29.2. The van der Waals surface area contributed by atoms with Crippen molar-refractivity contribution in [3.05, 3.63) is 218 Å². The Kier molecular flexibility index (Phi) is 17.4. The molecule has 0 saturated heterocycles. The number of para-hydroxylation sites is 2. The zero-order valence-corrected chi connectivity index (χ0v) is 38.1. The van der Waals surface area contributed by atoms with Crippen LogP contribution in [0.2, 0.25) is 0 Å². The van der Waals surface area contributed by atoms with E-state index in [1.807, 2.05) is 64.6 Å². The van der Waals surface area contributed by atoms with E-state index in [2.05, 4.69) is 45.3 Å². The van der Waals surface area contributed by atoms with Crippen LogP contribution in [-0.2, 0) is 28.0 Å². The molecule has 0 aromatic heterocycles. The minimum Gasteiger partial charge on any atom is -0.402 e. The Morgan fingerprint density at radius 1 is 0.486 bits per heavy atom. The molecule has 5 nitrogen and oxygen atoms in total. The highest BCUT2D eigenvalue weighted by molar-refractivity contribution is 6.33. The third-order valence-electron chi connectivity index (χ3n) is 11.5. The van der Waals surface area contributed by atoms with Crippen LogP contribution in [0.25, 0.3) is 6.08 Å². The van der Waals surface area contributed by atoms with Gasteiger partial charge in [-0.25, -0.2) is 83.4 Å². The van der Waals surface area contributed by atoms with E-state index < -0.39 is 158 Å². The summed E-state index contributed by atoms with van der Waals surface area (Å²) in [5.74, 6) is -65.2. The van der Waals surface area contributed by atoms with Crippen molar-refractivity contribution in [1.29, 1.82) is 0 Å².